The average molecular weight is 262 g/mol. The molecule has 0 spiro atoms. The minimum atomic E-state index is -0.579. The molecule has 0 saturated carbocycles. The smallest absolute Gasteiger partial charge is 0.264 e. The number of nitrogens with zero attached hydrogens (tertiary/aromatic N) is 2. The van der Waals surface area contributed by atoms with Gasteiger partial charge in [0, 0.05) is 11.5 Å². The Hall–Kier alpha value is -1.88. The van der Waals surface area contributed by atoms with Crippen molar-refractivity contribution in [2.45, 2.75) is 39.4 Å². The molecule has 0 aliphatic heterocycles. The molecule has 0 radical (unpaired) electrons. The first-order valence-corrected chi connectivity index (χ1v) is 6.30. The number of benzene rings is 1. The van der Waals surface area contributed by atoms with Gasteiger partial charge >= 0.3 is 0 Å². The number of para-hydroxylation sites is 1. The van der Waals surface area contributed by atoms with E-state index in [9.17, 15) is 5.11 Å². The van der Waals surface area contributed by atoms with Gasteiger partial charge in [0.05, 0.1) is 6.10 Å². The van der Waals surface area contributed by atoms with Crippen LogP contribution in [-0.2, 0) is 6.61 Å². The topological polar surface area (TPSA) is 68.4 Å². The number of ether oxygens (including phenoxy) is 1. The summed E-state index contributed by atoms with van der Waals surface area (Å²) in [6.45, 7) is 5.89. The standard InChI is InChI=1S/C14H18N2O3/c1-9(2)14-15-13(19-16-14)8-18-12-7-5-4-6-11(12)10(3)17/h4-7,9-10,17H,8H2,1-3H3/t10-/m1/s1. The second kappa shape index (κ2) is 5.84. The van der Waals surface area contributed by atoms with Gasteiger partial charge in [-0.3, -0.25) is 0 Å². The van der Waals surface area contributed by atoms with Crippen LogP contribution in [0.15, 0.2) is 28.8 Å². The fourth-order valence-corrected chi connectivity index (χ4v) is 1.66. The normalized spacial score (nSPS) is 12.7. The van der Waals surface area contributed by atoms with Crippen molar-refractivity contribution in [3.63, 3.8) is 0 Å². The van der Waals surface area contributed by atoms with Gasteiger partial charge in [0.1, 0.15) is 5.75 Å². The molecule has 1 N–H and O–H groups in total. The second-order valence-electron chi connectivity index (χ2n) is 4.70. The first-order chi connectivity index (χ1) is 9.08. The monoisotopic (exact) mass is 262 g/mol. The SMILES string of the molecule is CC(C)c1noc(COc2ccccc2[C@@H](C)O)n1. The van der Waals surface area contributed by atoms with Crippen molar-refractivity contribution in [2.75, 3.05) is 0 Å². The van der Waals surface area contributed by atoms with Gasteiger partial charge in [-0.05, 0) is 13.0 Å². The van der Waals surface area contributed by atoms with Gasteiger partial charge in [0.25, 0.3) is 5.89 Å². The Labute approximate surface area is 112 Å². The fraction of sp³-hybridized carbons (Fsp3) is 0.429. The van der Waals surface area contributed by atoms with Crippen molar-refractivity contribution < 1.29 is 14.4 Å². The maximum Gasteiger partial charge on any atom is 0.264 e. The molecule has 0 fully saturated rings. The fourth-order valence-electron chi connectivity index (χ4n) is 1.66. The molecule has 0 aliphatic carbocycles. The highest BCUT2D eigenvalue weighted by molar-refractivity contribution is 5.34. The van der Waals surface area contributed by atoms with Gasteiger partial charge in [-0.2, -0.15) is 4.98 Å². The number of hydrogen-bond donors (Lipinski definition) is 1. The van der Waals surface area contributed by atoms with Gasteiger partial charge in [-0.25, -0.2) is 0 Å². The number of hydrogen-bond acceptors (Lipinski definition) is 5. The first-order valence-electron chi connectivity index (χ1n) is 6.30. The second-order valence-corrected chi connectivity index (χ2v) is 4.70. The summed E-state index contributed by atoms with van der Waals surface area (Å²) in [4.78, 5) is 4.23. The predicted molar refractivity (Wildman–Crippen MR) is 69.8 cm³/mol. The van der Waals surface area contributed by atoms with Gasteiger partial charge in [-0.15, -0.1) is 0 Å². The molecular formula is C14H18N2O3. The van der Waals surface area contributed by atoms with Gasteiger partial charge in [0.2, 0.25) is 0 Å². The van der Waals surface area contributed by atoms with Crippen LogP contribution in [-0.4, -0.2) is 15.2 Å². The molecule has 0 bridgehead atoms. The van der Waals surface area contributed by atoms with Gasteiger partial charge in [0.15, 0.2) is 12.4 Å². The molecule has 102 valence electrons. The molecule has 2 rings (SSSR count). The Bertz CT molecular complexity index is 535. The van der Waals surface area contributed by atoms with Gasteiger partial charge < -0.3 is 14.4 Å². The predicted octanol–water partition coefficient (Wildman–Crippen LogP) is 2.83. The lowest BCUT2D eigenvalue weighted by molar-refractivity contribution is 0.185. The van der Waals surface area contributed by atoms with Crippen molar-refractivity contribution >= 4 is 0 Å². The molecule has 2 aromatic rings. The summed E-state index contributed by atoms with van der Waals surface area (Å²) in [5.74, 6) is 1.95. The van der Waals surface area contributed by atoms with Crippen LogP contribution in [0.1, 0.15) is 50.1 Å². The van der Waals surface area contributed by atoms with Crippen LogP contribution >= 0.6 is 0 Å². The summed E-state index contributed by atoms with van der Waals surface area (Å²) in [6, 6.07) is 7.35. The van der Waals surface area contributed by atoms with E-state index in [1.54, 1.807) is 6.92 Å². The molecular weight excluding hydrogens is 244 g/mol. The van der Waals surface area contributed by atoms with Crippen LogP contribution in [0.25, 0.3) is 0 Å². The lowest BCUT2D eigenvalue weighted by Gasteiger charge is -2.11. The molecule has 1 aromatic heterocycles. The molecule has 0 amide bonds. The lowest BCUT2D eigenvalue weighted by Crippen LogP contribution is -2.01. The summed E-state index contributed by atoms with van der Waals surface area (Å²) < 4.78 is 10.7. The molecule has 5 nitrogen and oxygen atoms in total. The number of rotatable bonds is 5. The van der Waals surface area contributed by atoms with Crippen LogP contribution in [0.2, 0.25) is 0 Å². The third-order valence-electron chi connectivity index (χ3n) is 2.72. The maximum absolute atomic E-state index is 9.65. The highest BCUT2D eigenvalue weighted by atomic mass is 16.5. The maximum atomic E-state index is 9.65. The van der Waals surface area contributed by atoms with Crippen LogP contribution in [0, 0.1) is 0 Å². The van der Waals surface area contributed by atoms with E-state index in [-0.39, 0.29) is 12.5 Å². The van der Waals surface area contributed by atoms with Crippen molar-refractivity contribution in [2.24, 2.45) is 0 Å². The molecule has 5 heteroatoms. The number of aromatic nitrogens is 2. The van der Waals surface area contributed by atoms with E-state index in [2.05, 4.69) is 10.1 Å². The van der Waals surface area contributed by atoms with E-state index < -0.39 is 6.10 Å². The highest BCUT2D eigenvalue weighted by Crippen LogP contribution is 2.25. The number of aliphatic hydroxyl groups is 1. The van der Waals surface area contributed by atoms with E-state index >= 15 is 0 Å². The van der Waals surface area contributed by atoms with Gasteiger partial charge in [-0.1, -0.05) is 37.2 Å². The van der Waals surface area contributed by atoms with E-state index in [1.165, 1.54) is 0 Å². The highest BCUT2D eigenvalue weighted by Gasteiger charge is 2.12. The minimum Gasteiger partial charge on any atom is -0.483 e. The summed E-state index contributed by atoms with van der Waals surface area (Å²) in [5, 5.41) is 13.5. The Morgan fingerprint density at radius 3 is 2.63 bits per heavy atom. The van der Waals surface area contributed by atoms with Crippen molar-refractivity contribution in [3.05, 3.63) is 41.5 Å². The van der Waals surface area contributed by atoms with Crippen molar-refractivity contribution in [1.82, 2.24) is 10.1 Å². The molecule has 1 atom stereocenters. The quantitative estimate of drug-likeness (QED) is 0.897. The van der Waals surface area contributed by atoms with Crippen LogP contribution in [0.5, 0.6) is 5.75 Å². The van der Waals surface area contributed by atoms with Crippen LogP contribution in [0.4, 0.5) is 0 Å². The molecule has 0 aliphatic rings. The minimum absolute atomic E-state index is 0.198. The number of aliphatic hydroxyl groups excluding tert-OH is 1. The Morgan fingerprint density at radius 2 is 2.00 bits per heavy atom. The largest absolute Gasteiger partial charge is 0.483 e. The Kier molecular flexibility index (Phi) is 4.16. The molecule has 0 saturated heterocycles. The lowest BCUT2D eigenvalue weighted by atomic mass is 10.1. The average Bonchev–Trinajstić information content (AvgIpc) is 2.85. The molecule has 1 heterocycles. The van der Waals surface area contributed by atoms with Crippen molar-refractivity contribution in [3.8, 4) is 5.75 Å². The molecule has 19 heavy (non-hydrogen) atoms. The van der Waals surface area contributed by atoms with E-state index in [4.69, 9.17) is 9.26 Å². The Morgan fingerprint density at radius 1 is 1.26 bits per heavy atom. The zero-order chi connectivity index (χ0) is 13.8. The zero-order valence-electron chi connectivity index (χ0n) is 11.3. The third kappa shape index (κ3) is 3.32. The summed E-state index contributed by atoms with van der Waals surface area (Å²) >= 11 is 0. The summed E-state index contributed by atoms with van der Waals surface area (Å²) in [5.41, 5.74) is 0.742. The summed E-state index contributed by atoms with van der Waals surface area (Å²) in [6.07, 6.45) is -0.579. The van der Waals surface area contributed by atoms with E-state index in [0.717, 1.165) is 5.56 Å². The van der Waals surface area contributed by atoms with E-state index in [1.807, 2.05) is 38.1 Å². The zero-order valence-corrected chi connectivity index (χ0v) is 11.3. The van der Waals surface area contributed by atoms with Crippen LogP contribution in [0.3, 0.4) is 0 Å². The molecule has 0 unspecified atom stereocenters. The van der Waals surface area contributed by atoms with Crippen LogP contribution < -0.4 is 4.74 Å². The van der Waals surface area contributed by atoms with Crippen molar-refractivity contribution in [1.29, 1.82) is 0 Å². The van der Waals surface area contributed by atoms with E-state index in [0.29, 0.717) is 17.5 Å². The summed E-state index contributed by atoms with van der Waals surface area (Å²) in [7, 11) is 0. The molecule has 1 aromatic carbocycles. The first kappa shape index (κ1) is 13.5. The Balaban J connectivity index is 2.06. The third-order valence-corrected chi connectivity index (χ3v) is 2.72.